The molecular formula is C17H26N4S2. The molecule has 0 heterocycles. The van der Waals surface area contributed by atoms with Crippen molar-refractivity contribution < 1.29 is 0 Å². The van der Waals surface area contributed by atoms with Gasteiger partial charge in [-0.15, -0.1) is 0 Å². The number of thiocarbonyl (C=S) groups is 2. The maximum absolute atomic E-state index is 5.36. The van der Waals surface area contributed by atoms with Gasteiger partial charge in [-0.25, -0.2) is 0 Å². The molecule has 0 aromatic heterocycles. The highest BCUT2D eigenvalue weighted by Crippen LogP contribution is 2.29. The average molecular weight is 351 g/mol. The lowest BCUT2D eigenvalue weighted by atomic mass is 9.78. The molecule has 6 heteroatoms. The summed E-state index contributed by atoms with van der Waals surface area (Å²) in [6.07, 6.45) is 3.73. The third-order valence-electron chi connectivity index (χ3n) is 4.71. The van der Waals surface area contributed by atoms with Gasteiger partial charge in [-0.2, -0.15) is 0 Å². The molecule has 126 valence electrons. The van der Waals surface area contributed by atoms with Gasteiger partial charge in [0.05, 0.1) is 0 Å². The lowest BCUT2D eigenvalue weighted by Gasteiger charge is -2.35. The van der Waals surface area contributed by atoms with Crippen molar-refractivity contribution in [2.45, 2.75) is 46.1 Å². The number of hydrogen-bond donors (Lipinski definition) is 4. The minimum atomic E-state index is 0.429. The Kier molecular flexibility index (Phi) is 6.59. The molecule has 4 nitrogen and oxygen atoms in total. The lowest BCUT2D eigenvalue weighted by Crippen LogP contribution is -2.53. The average Bonchev–Trinajstić information content (AvgIpc) is 2.52. The summed E-state index contributed by atoms with van der Waals surface area (Å²) in [6, 6.07) is 8.43. The quantitative estimate of drug-likeness (QED) is 0.484. The summed E-state index contributed by atoms with van der Waals surface area (Å²) >= 11 is 10.7. The van der Waals surface area contributed by atoms with Crippen LogP contribution in [0.2, 0.25) is 0 Å². The van der Waals surface area contributed by atoms with Gasteiger partial charge < -0.3 is 10.6 Å². The molecule has 3 atom stereocenters. The van der Waals surface area contributed by atoms with Crippen LogP contribution in [-0.4, -0.2) is 16.3 Å². The first-order chi connectivity index (χ1) is 11.0. The zero-order chi connectivity index (χ0) is 16.8. The van der Waals surface area contributed by atoms with Crippen molar-refractivity contribution in [1.29, 1.82) is 0 Å². The third kappa shape index (κ3) is 5.32. The number of hydrogen-bond acceptors (Lipinski definition) is 2. The molecule has 2 rings (SSSR count). The highest BCUT2D eigenvalue weighted by molar-refractivity contribution is 7.80. The van der Waals surface area contributed by atoms with E-state index in [2.05, 4.69) is 35.3 Å². The van der Waals surface area contributed by atoms with E-state index in [0.717, 1.165) is 17.2 Å². The Balaban J connectivity index is 1.76. The van der Waals surface area contributed by atoms with Crippen LogP contribution in [0.25, 0.3) is 0 Å². The van der Waals surface area contributed by atoms with Gasteiger partial charge in [0, 0.05) is 11.7 Å². The van der Waals surface area contributed by atoms with Crippen LogP contribution in [0.4, 0.5) is 5.69 Å². The number of nitrogens with one attached hydrogen (secondary N) is 4. The van der Waals surface area contributed by atoms with Crippen molar-refractivity contribution in [3.8, 4) is 0 Å². The van der Waals surface area contributed by atoms with E-state index in [4.69, 9.17) is 24.4 Å². The van der Waals surface area contributed by atoms with E-state index in [1.807, 2.05) is 31.2 Å². The van der Waals surface area contributed by atoms with E-state index in [0.29, 0.717) is 22.2 Å². The smallest absolute Gasteiger partial charge is 0.189 e. The van der Waals surface area contributed by atoms with Crippen LogP contribution in [0.3, 0.4) is 0 Å². The van der Waals surface area contributed by atoms with Crippen molar-refractivity contribution in [2.75, 3.05) is 5.32 Å². The fourth-order valence-electron chi connectivity index (χ4n) is 2.97. The summed E-state index contributed by atoms with van der Waals surface area (Å²) in [7, 11) is 0. The predicted octanol–water partition coefficient (Wildman–Crippen LogP) is 3.49. The van der Waals surface area contributed by atoms with E-state index in [1.165, 1.54) is 19.3 Å². The molecule has 0 unspecified atom stereocenters. The topological polar surface area (TPSA) is 48.1 Å². The largest absolute Gasteiger partial charge is 0.358 e. The second-order valence-corrected chi connectivity index (χ2v) is 7.18. The van der Waals surface area contributed by atoms with Crippen molar-refractivity contribution >= 4 is 40.3 Å². The second-order valence-electron chi connectivity index (χ2n) is 6.37. The summed E-state index contributed by atoms with van der Waals surface area (Å²) in [5.41, 5.74) is 8.04. The summed E-state index contributed by atoms with van der Waals surface area (Å²) < 4.78 is 0. The monoisotopic (exact) mass is 350 g/mol. The number of rotatable bonds is 2. The predicted molar refractivity (Wildman–Crippen MR) is 105 cm³/mol. The van der Waals surface area contributed by atoms with Gasteiger partial charge in [0.25, 0.3) is 0 Å². The first kappa shape index (κ1) is 17.9. The standard InChI is InChI=1S/C17H26N4S2/c1-11-8-6-10-15(13(11)3)19-17(23)21-20-16(22)18-14-9-5-4-7-12(14)2/h4-5,7,9,11,13,15H,6,8,10H2,1-3H3,(H2,18,20,22)(H2,19,21,23)/t11-,13+,15+/m1/s1. The first-order valence-corrected chi connectivity index (χ1v) is 8.98. The van der Waals surface area contributed by atoms with Crippen LogP contribution in [0.5, 0.6) is 0 Å². The minimum Gasteiger partial charge on any atom is -0.358 e. The molecule has 1 aromatic carbocycles. The molecule has 0 amide bonds. The molecular weight excluding hydrogens is 324 g/mol. The van der Waals surface area contributed by atoms with Crippen molar-refractivity contribution in [3.63, 3.8) is 0 Å². The fraction of sp³-hybridized carbons (Fsp3) is 0.529. The highest BCUT2D eigenvalue weighted by Gasteiger charge is 2.27. The molecule has 4 N–H and O–H groups in total. The van der Waals surface area contributed by atoms with Gasteiger partial charge >= 0.3 is 0 Å². The van der Waals surface area contributed by atoms with E-state index >= 15 is 0 Å². The van der Waals surface area contributed by atoms with Crippen molar-refractivity contribution in [3.05, 3.63) is 29.8 Å². The van der Waals surface area contributed by atoms with E-state index < -0.39 is 0 Å². The summed E-state index contributed by atoms with van der Waals surface area (Å²) in [5.74, 6) is 1.36. The van der Waals surface area contributed by atoms with Gasteiger partial charge in [0.1, 0.15) is 0 Å². The maximum atomic E-state index is 5.36. The number of benzene rings is 1. The third-order valence-corrected chi connectivity index (χ3v) is 5.13. The Bertz CT molecular complexity index is 561. The maximum Gasteiger partial charge on any atom is 0.189 e. The summed E-state index contributed by atoms with van der Waals surface area (Å²) in [6.45, 7) is 6.65. The Morgan fingerprint density at radius 2 is 1.74 bits per heavy atom. The normalized spacial score (nSPS) is 23.7. The van der Waals surface area contributed by atoms with Crippen LogP contribution in [-0.2, 0) is 0 Å². The molecule has 1 saturated carbocycles. The van der Waals surface area contributed by atoms with Crippen molar-refractivity contribution in [2.24, 2.45) is 11.8 Å². The molecule has 1 aliphatic carbocycles. The fourth-order valence-corrected chi connectivity index (χ4v) is 3.33. The van der Waals surface area contributed by atoms with E-state index in [9.17, 15) is 0 Å². The molecule has 1 aliphatic rings. The lowest BCUT2D eigenvalue weighted by molar-refractivity contribution is 0.224. The van der Waals surface area contributed by atoms with Crippen LogP contribution in [0.15, 0.2) is 24.3 Å². The number of anilines is 1. The van der Waals surface area contributed by atoms with Crippen molar-refractivity contribution in [1.82, 2.24) is 16.2 Å². The van der Waals surface area contributed by atoms with Gasteiger partial charge in [-0.05, 0) is 61.2 Å². The Morgan fingerprint density at radius 3 is 2.48 bits per heavy atom. The zero-order valence-electron chi connectivity index (χ0n) is 14.0. The second kappa shape index (κ2) is 8.45. The molecule has 1 aromatic rings. The molecule has 0 aliphatic heterocycles. The van der Waals surface area contributed by atoms with E-state index in [-0.39, 0.29) is 0 Å². The summed E-state index contributed by atoms with van der Waals surface area (Å²) in [5, 5.41) is 7.64. The molecule has 23 heavy (non-hydrogen) atoms. The Morgan fingerprint density at radius 1 is 1.04 bits per heavy atom. The minimum absolute atomic E-state index is 0.429. The molecule has 1 fully saturated rings. The SMILES string of the molecule is Cc1ccccc1NC(=S)NNC(=S)N[C@H]1CCC[C@@H](C)[C@@H]1C. The summed E-state index contributed by atoms with van der Waals surface area (Å²) in [4.78, 5) is 0. The van der Waals surface area contributed by atoms with E-state index in [1.54, 1.807) is 0 Å². The van der Waals surface area contributed by atoms with Gasteiger partial charge in [-0.3, -0.25) is 10.9 Å². The van der Waals surface area contributed by atoms with Gasteiger partial charge in [0.15, 0.2) is 10.2 Å². The molecule has 0 spiro atoms. The Hall–Kier alpha value is -1.40. The number of aryl methyl sites for hydroxylation is 1. The van der Waals surface area contributed by atoms with Crippen LogP contribution in [0, 0.1) is 18.8 Å². The van der Waals surface area contributed by atoms with Gasteiger partial charge in [-0.1, -0.05) is 44.9 Å². The number of para-hydroxylation sites is 1. The van der Waals surface area contributed by atoms with Crippen LogP contribution >= 0.6 is 24.4 Å². The number of hydrazine groups is 1. The highest BCUT2D eigenvalue weighted by atomic mass is 32.1. The van der Waals surface area contributed by atoms with Crippen LogP contribution < -0.4 is 21.5 Å². The molecule has 0 bridgehead atoms. The molecule has 0 saturated heterocycles. The first-order valence-electron chi connectivity index (χ1n) is 8.16. The zero-order valence-corrected chi connectivity index (χ0v) is 15.6. The Labute approximate surface area is 149 Å². The molecule has 0 radical (unpaired) electrons. The van der Waals surface area contributed by atoms with Gasteiger partial charge in [0.2, 0.25) is 0 Å². The van der Waals surface area contributed by atoms with Crippen LogP contribution in [0.1, 0.15) is 38.7 Å².